The van der Waals surface area contributed by atoms with E-state index in [0.717, 1.165) is 65.4 Å². The average molecular weight is 1530 g/mol. The summed E-state index contributed by atoms with van der Waals surface area (Å²) < 4.78 is 6.82. The van der Waals surface area contributed by atoms with Gasteiger partial charge in [-0.25, -0.2) is 4.98 Å². The lowest BCUT2D eigenvalue weighted by molar-refractivity contribution is 0.426. The number of nitrogens with one attached hydrogen (secondary N) is 1. The first kappa shape index (κ1) is 72.7. The molecule has 1 aliphatic carbocycles. The molecule has 0 fully saturated rings. The number of para-hydroxylation sites is 3. The standard InChI is InChI=1S/C36H24N2.C24H18BNO2.C23H16BrN.C13H9Br.3CH4/c1-2-8-24(9-3-1)25-14-18-28(19-15-25)38-35-13-7-5-11-30(35)32-23-27(17-21-36(32)38)26-16-20-34-31(22-26)29-10-4-6-12-33(29)37-34;27-25(28)19-12-15-24-22(16-19)21-8-4-5-9-23(21)26(24)20-13-10-18(11-14-20)17-6-2-1-3-7-17;24-21-13-11-19(12-14-21)23-16-20(17-7-3-1-4-8-17)15-22(25-23)18-9-5-2-6-10-18;14-11-6-5-10-7-9-3-1-2-4-12(9)13(10)8-11;;;/h1-23,37H;1-16,27-28H;1-16H;1-6,8H,7H2;3*1H4. The lowest BCUT2D eigenvalue weighted by Crippen LogP contribution is -2.29. The first-order valence-electron chi connectivity index (χ1n) is 35.2. The third-order valence-electron chi connectivity index (χ3n) is 19.9. The largest absolute Gasteiger partial charge is 0.488 e. The Morgan fingerprint density at radius 3 is 1.23 bits per heavy atom. The molecule has 9 heteroatoms. The van der Waals surface area contributed by atoms with Crippen LogP contribution in [0.1, 0.15) is 33.4 Å². The van der Waals surface area contributed by atoms with Gasteiger partial charge in [0.05, 0.1) is 33.5 Å². The van der Waals surface area contributed by atoms with Crippen LogP contribution in [0.3, 0.4) is 0 Å². The molecule has 3 N–H and O–H groups in total. The van der Waals surface area contributed by atoms with Gasteiger partial charge in [0.15, 0.2) is 0 Å². The van der Waals surface area contributed by atoms with Gasteiger partial charge in [0, 0.05) is 74.8 Å². The summed E-state index contributed by atoms with van der Waals surface area (Å²) in [5, 5.41) is 26.3. The summed E-state index contributed by atoms with van der Waals surface area (Å²) in [5.41, 5.74) is 29.2. The van der Waals surface area contributed by atoms with Crippen molar-refractivity contribution in [2.24, 2.45) is 0 Å². The number of fused-ring (bicyclic) bond motifs is 12. The summed E-state index contributed by atoms with van der Waals surface area (Å²) in [7, 11) is -1.48. The maximum absolute atomic E-state index is 9.57. The molecule has 108 heavy (non-hydrogen) atoms. The fraction of sp³-hybridized carbons (Fsp3) is 0.0404. The molecule has 15 aromatic carbocycles. The number of hydrogen-bond donors (Lipinski definition) is 3. The minimum absolute atomic E-state index is 0. The molecule has 0 unspecified atom stereocenters. The van der Waals surface area contributed by atoms with E-state index < -0.39 is 7.12 Å². The van der Waals surface area contributed by atoms with Gasteiger partial charge in [0.25, 0.3) is 0 Å². The molecule has 20 rings (SSSR count). The molecule has 19 aromatic rings. The summed E-state index contributed by atoms with van der Waals surface area (Å²) in [6.07, 6.45) is 1.08. The van der Waals surface area contributed by atoms with Crippen LogP contribution in [0, 0.1) is 0 Å². The van der Waals surface area contributed by atoms with Crippen molar-refractivity contribution in [3.8, 4) is 89.5 Å². The summed E-state index contributed by atoms with van der Waals surface area (Å²) in [4.78, 5) is 8.46. The zero-order chi connectivity index (χ0) is 70.7. The minimum atomic E-state index is -1.48. The van der Waals surface area contributed by atoms with Crippen molar-refractivity contribution >= 4 is 110 Å². The van der Waals surface area contributed by atoms with E-state index >= 15 is 0 Å². The number of benzene rings is 15. The zero-order valence-electron chi connectivity index (χ0n) is 57.1. The molecule has 0 atom stereocenters. The van der Waals surface area contributed by atoms with Gasteiger partial charge in [0.2, 0.25) is 0 Å². The van der Waals surface area contributed by atoms with E-state index in [4.69, 9.17) is 4.98 Å². The second kappa shape index (κ2) is 32.3. The van der Waals surface area contributed by atoms with E-state index in [1.807, 2.05) is 78.9 Å². The Balaban J connectivity index is 0.000000125. The van der Waals surface area contributed by atoms with Gasteiger partial charge in [-0.1, -0.05) is 321 Å². The second-order valence-corrected chi connectivity index (χ2v) is 28.2. The molecule has 524 valence electrons. The SMILES string of the molecule is Brc1ccc(-c2cc(-c3ccccc3)cc(-c3ccccc3)n2)cc1.Brc1ccc2c(c1)-c1ccccc1C2.C.C.C.OB(O)c1ccc2c(c1)c1ccccc1n2-c1ccc(-c2ccccc2)cc1.c1ccc(-c2ccc(-n3c4ccccc4c4cc(-c5ccc6[nH]c7ccccc7c6c5)ccc43)cc2)cc1. The van der Waals surface area contributed by atoms with Crippen LogP contribution in [-0.2, 0) is 6.42 Å². The molecular formula is C99H79BBr2N4O2. The molecule has 0 bridgehead atoms. The molecule has 0 radical (unpaired) electrons. The normalized spacial score (nSPS) is 11.1. The molecule has 4 heterocycles. The predicted octanol–water partition coefficient (Wildman–Crippen LogP) is 26.7. The van der Waals surface area contributed by atoms with Crippen LogP contribution in [0.4, 0.5) is 0 Å². The Bertz CT molecular complexity index is 6280. The molecule has 1 aliphatic rings. The summed E-state index contributed by atoms with van der Waals surface area (Å²) in [5.74, 6) is 0. The van der Waals surface area contributed by atoms with Crippen LogP contribution in [0.25, 0.3) is 155 Å². The highest BCUT2D eigenvalue weighted by Gasteiger charge is 2.20. The Morgan fingerprint density at radius 2 is 0.667 bits per heavy atom. The third-order valence-corrected chi connectivity index (χ3v) is 20.9. The van der Waals surface area contributed by atoms with Crippen molar-refractivity contribution in [3.63, 3.8) is 0 Å². The number of aromatic amines is 1. The molecule has 4 aromatic heterocycles. The highest BCUT2D eigenvalue weighted by atomic mass is 79.9. The van der Waals surface area contributed by atoms with Gasteiger partial charge in [-0.3, -0.25) is 0 Å². The number of halogens is 2. The molecule has 0 amide bonds. The summed E-state index contributed by atoms with van der Waals surface area (Å²) in [6, 6.07) is 131. The van der Waals surface area contributed by atoms with Crippen molar-refractivity contribution in [2.75, 3.05) is 0 Å². The molecular weight excluding hydrogens is 1450 g/mol. The smallest absolute Gasteiger partial charge is 0.423 e. The maximum atomic E-state index is 9.57. The lowest BCUT2D eigenvalue weighted by Gasteiger charge is -2.10. The van der Waals surface area contributed by atoms with Gasteiger partial charge < -0.3 is 24.2 Å². The van der Waals surface area contributed by atoms with Crippen LogP contribution >= 0.6 is 31.9 Å². The van der Waals surface area contributed by atoms with E-state index in [2.05, 4.69) is 337 Å². The van der Waals surface area contributed by atoms with Crippen molar-refractivity contribution in [2.45, 2.75) is 28.7 Å². The number of pyridine rings is 1. The van der Waals surface area contributed by atoms with Crippen LogP contribution < -0.4 is 5.46 Å². The van der Waals surface area contributed by atoms with E-state index in [1.165, 1.54) is 116 Å². The number of nitrogens with zero attached hydrogens (tertiary/aromatic N) is 3. The molecule has 0 spiro atoms. The lowest BCUT2D eigenvalue weighted by atomic mass is 9.80. The molecule has 0 aliphatic heterocycles. The highest BCUT2D eigenvalue weighted by Crippen LogP contribution is 2.41. The zero-order valence-corrected chi connectivity index (χ0v) is 60.2. The quantitative estimate of drug-likeness (QED) is 0.126. The molecule has 0 saturated heterocycles. The van der Waals surface area contributed by atoms with Gasteiger partial charge in [-0.2, -0.15) is 0 Å². The Labute approximate surface area is 648 Å². The predicted molar refractivity (Wildman–Crippen MR) is 468 cm³/mol. The number of rotatable bonds is 9. The number of H-pyrrole nitrogens is 1. The Hall–Kier alpha value is -12.2. The molecule has 0 saturated carbocycles. The van der Waals surface area contributed by atoms with Gasteiger partial charge in [-0.15, -0.1) is 0 Å². The van der Waals surface area contributed by atoms with Crippen molar-refractivity contribution < 1.29 is 10.0 Å². The maximum Gasteiger partial charge on any atom is 0.488 e. The fourth-order valence-electron chi connectivity index (χ4n) is 14.7. The second-order valence-electron chi connectivity index (χ2n) is 26.3. The van der Waals surface area contributed by atoms with E-state index in [1.54, 1.807) is 6.07 Å². The number of hydrogen-bond acceptors (Lipinski definition) is 3. The Morgan fingerprint density at radius 1 is 0.278 bits per heavy atom. The van der Waals surface area contributed by atoms with Crippen molar-refractivity contribution in [1.29, 1.82) is 0 Å². The Kier molecular flexibility index (Phi) is 21.7. The van der Waals surface area contributed by atoms with E-state index in [0.29, 0.717) is 5.46 Å². The average Bonchev–Trinajstić information content (AvgIpc) is 1.60. The van der Waals surface area contributed by atoms with Gasteiger partial charge in [0.1, 0.15) is 0 Å². The first-order chi connectivity index (χ1) is 51.7. The highest BCUT2D eigenvalue weighted by molar-refractivity contribution is 9.10. The summed E-state index contributed by atoms with van der Waals surface area (Å²) >= 11 is 7.02. The van der Waals surface area contributed by atoms with E-state index in [9.17, 15) is 10.0 Å². The first-order valence-corrected chi connectivity index (χ1v) is 36.8. The van der Waals surface area contributed by atoms with Crippen molar-refractivity contribution in [3.05, 3.63) is 396 Å². The molecule has 6 nitrogen and oxygen atoms in total. The fourth-order valence-corrected chi connectivity index (χ4v) is 15.3. The third kappa shape index (κ3) is 14.8. The van der Waals surface area contributed by atoms with Gasteiger partial charge in [-0.05, 0) is 188 Å². The van der Waals surface area contributed by atoms with Crippen LogP contribution in [-0.4, -0.2) is 36.3 Å². The van der Waals surface area contributed by atoms with E-state index in [-0.39, 0.29) is 22.3 Å². The van der Waals surface area contributed by atoms with Crippen LogP contribution in [0.2, 0.25) is 0 Å². The number of aromatic nitrogens is 4. The monoisotopic (exact) mass is 1520 g/mol. The van der Waals surface area contributed by atoms with Crippen LogP contribution in [0.15, 0.2) is 385 Å². The summed E-state index contributed by atoms with van der Waals surface area (Å²) in [6.45, 7) is 0. The minimum Gasteiger partial charge on any atom is -0.423 e. The van der Waals surface area contributed by atoms with Crippen LogP contribution in [0.5, 0.6) is 0 Å². The van der Waals surface area contributed by atoms with Gasteiger partial charge >= 0.3 is 7.12 Å². The van der Waals surface area contributed by atoms with Crippen molar-refractivity contribution in [1.82, 2.24) is 19.1 Å². The topological polar surface area (TPSA) is 79.0 Å².